The highest BCUT2D eigenvalue weighted by Crippen LogP contribution is 2.27. The lowest BCUT2D eigenvalue weighted by Crippen LogP contribution is -2.11. The van der Waals surface area contributed by atoms with E-state index >= 15 is 0 Å². The highest BCUT2D eigenvalue weighted by molar-refractivity contribution is 5.63. The lowest BCUT2D eigenvalue weighted by Gasteiger charge is -2.14. The molecule has 1 saturated heterocycles. The van der Waals surface area contributed by atoms with Crippen LogP contribution in [0.4, 0.5) is 0 Å². The maximum absolute atomic E-state index is 9.00. The predicted octanol–water partition coefficient (Wildman–Crippen LogP) is 2.80. The fourth-order valence-corrected chi connectivity index (χ4v) is 2.94. The number of hydrogen-bond donors (Lipinski definition) is 1. The standard InChI is InChI=1S/C17H18N4O2.C2H4O2/c1-22-15-4-2-13(3-5-15)20-9-7-18-16(20)17-19-8-10-21(17)14-6-11-23-12-14;1-2(3)4/h2-5,7-10,14H,6,11-12H2,1H3;1H3,(H,3,4). The maximum atomic E-state index is 9.00. The molecule has 0 radical (unpaired) electrons. The van der Waals surface area contributed by atoms with E-state index in [1.54, 1.807) is 13.3 Å². The lowest BCUT2D eigenvalue weighted by molar-refractivity contribution is -0.134. The molecule has 0 aliphatic carbocycles. The van der Waals surface area contributed by atoms with Crippen molar-refractivity contribution in [3.63, 3.8) is 0 Å². The summed E-state index contributed by atoms with van der Waals surface area (Å²) < 4.78 is 14.9. The van der Waals surface area contributed by atoms with Crippen molar-refractivity contribution in [2.45, 2.75) is 19.4 Å². The Morgan fingerprint density at radius 2 is 1.85 bits per heavy atom. The van der Waals surface area contributed by atoms with Gasteiger partial charge in [-0.05, 0) is 30.7 Å². The molecule has 2 aromatic heterocycles. The number of methoxy groups -OCH3 is 1. The summed E-state index contributed by atoms with van der Waals surface area (Å²) >= 11 is 0. The summed E-state index contributed by atoms with van der Waals surface area (Å²) in [6.45, 7) is 2.61. The van der Waals surface area contributed by atoms with Crippen molar-refractivity contribution in [2.75, 3.05) is 20.3 Å². The highest BCUT2D eigenvalue weighted by Gasteiger charge is 2.22. The van der Waals surface area contributed by atoms with Crippen LogP contribution in [0.5, 0.6) is 5.75 Å². The summed E-state index contributed by atoms with van der Waals surface area (Å²) in [6, 6.07) is 8.23. The van der Waals surface area contributed by atoms with Gasteiger partial charge in [0.1, 0.15) is 5.75 Å². The van der Waals surface area contributed by atoms with Crippen LogP contribution >= 0.6 is 0 Å². The van der Waals surface area contributed by atoms with Crippen LogP contribution in [-0.2, 0) is 9.53 Å². The van der Waals surface area contributed by atoms with Crippen molar-refractivity contribution >= 4 is 5.97 Å². The number of carboxylic acids is 1. The quantitative estimate of drug-likeness (QED) is 0.759. The zero-order valence-electron chi connectivity index (χ0n) is 15.3. The van der Waals surface area contributed by atoms with Gasteiger partial charge >= 0.3 is 0 Å². The van der Waals surface area contributed by atoms with Crippen LogP contribution < -0.4 is 4.74 Å². The van der Waals surface area contributed by atoms with Gasteiger partial charge in [-0.25, -0.2) is 9.97 Å². The van der Waals surface area contributed by atoms with Crippen molar-refractivity contribution in [3.8, 4) is 23.1 Å². The SMILES string of the molecule is CC(=O)O.COc1ccc(-n2ccnc2-c2nccn2C2CCOC2)cc1. The molecule has 27 heavy (non-hydrogen) atoms. The maximum Gasteiger partial charge on any atom is 0.300 e. The Morgan fingerprint density at radius 3 is 2.48 bits per heavy atom. The number of aromatic nitrogens is 4. The molecule has 1 aliphatic rings. The Morgan fingerprint density at radius 1 is 1.19 bits per heavy atom. The van der Waals surface area contributed by atoms with Gasteiger partial charge in [-0.3, -0.25) is 9.36 Å². The van der Waals surface area contributed by atoms with Crippen LogP contribution in [0.25, 0.3) is 17.3 Å². The molecule has 142 valence electrons. The molecule has 3 heterocycles. The van der Waals surface area contributed by atoms with E-state index in [1.807, 2.05) is 47.4 Å². The van der Waals surface area contributed by atoms with E-state index in [2.05, 4.69) is 14.5 Å². The Balaban J connectivity index is 0.000000481. The van der Waals surface area contributed by atoms with E-state index in [9.17, 15) is 0 Å². The zero-order valence-corrected chi connectivity index (χ0v) is 15.3. The average Bonchev–Trinajstić information content (AvgIpc) is 3.40. The van der Waals surface area contributed by atoms with Gasteiger partial charge in [0.25, 0.3) is 5.97 Å². The lowest BCUT2D eigenvalue weighted by atomic mass is 10.2. The van der Waals surface area contributed by atoms with Crippen LogP contribution in [0.3, 0.4) is 0 Å². The van der Waals surface area contributed by atoms with Gasteiger partial charge in [0.15, 0.2) is 11.6 Å². The monoisotopic (exact) mass is 370 g/mol. The van der Waals surface area contributed by atoms with E-state index < -0.39 is 5.97 Å². The minimum absolute atomic E-state index is 0.327. The van der Waals surface area contributed by atoms with Crippen LogP contribution in [-0.4, -0.2) is 50.5 Å². The predicted molar refractivity (Wildman–Crippen MR) is 99.1 cm³/mol. The number of benzene rings is 1. The van der Waals surface area contributed by atoms with Crippen molar-refractivity contribution < 1.29 is 19.4 Å². The fraction of sp³-hybridized carbons (Fsp3) is 0.316. The number of imidazole rings is 2. The van der Waals surface area contributed by atoms with E-state index in [1.165, 1.54) is 0 Å². The molecular formula is C19H22N4O4. The summed E-state index contributed by atoms with van der Waals surface area (Å²) in [4.78, 5) is 18.0. The molecule has 1 aliphatic heterocycles. The number of nitrogens with zero attached hydrogens (tertiary/aromatic N) is 4. The number of aliphatic carboxylic acids is 1. The van der Waals surface area contributed by atoms with E-state index in [0.717, 1.165) is 49.6 Å². The van der Waals surface area contributed by atoms with Gasteiger partial charge in [0.2, 0.25) is 0 Å². The normalized spacial score (nSPS) is 15.9. The molecule has 1 N–H and O–H groups in total. The first kappa shape index (κ1) is 18.7. The second-order valence-electron chi connectivity index (χ2n) is 6.01. The number of rotatable bonds is 4. The molecule has 0 amide bonds. The Bertz CT molecular complexity index is 875. The molecule has 3 aromatic rings. The van der Waals surface area contributed by atoms with Crippen LogP contribution in [0.15, 0.2) is 49.1 Å². The van der Waals surface area contributed by atoms with Gasteiger partial charge in [-0.15, -0.1) is 0 Å². The molecular weight excluding hydrogens is 348 g/mol. The number of ether oxygens (including phenoxy) is 2. The fourth-order valence-electron chi connectivity index (χ4n) is 2.94. The topological polar surface area (TPSA) is 91.4 Å². The second-order valence-corrected chi connectivity index (χ2v) is 6.01. The molecule has 1 unspecified atom stereocenters. The third-order valence-electron chi connectivity index (χ3n) is 4.16. The average molecular weight is 370 g/mol. The van der Waals surface area contributed by atoms with E-state index in [0.29, 0.717) is 6.04 Å². The molecule has 0 spiro atoms. The third kappa shape index (κ3) is 4.35. The van der Waals surface area contributed by atoms with Gasteiger partial charge in [-0.1, -0.05) is 0 Å². The van der Waals surface area contributed by atoms with Crippen molar-refractivity contribution in [1.29, 1.82) is 0 Å². The first-order chi connectivity index (χ1) is 13.1. The summed E-state index contributed by atoms with van der Waals surface area (Å²) in [7, 11) is 1.66. The first-order valence-corrected chi connectivity index (χ1v) is 8.58. The van der Waals surface area contributed by atoms with Crippen molar-refractivity contribution in [2.24, 2.45) is 0 Å². The number of carboxylic acid groups (broad SMARTS) is 1. The minimum atomic E-state index is -0.833. The minimum Gasteiger partial charge on any atom is -0.497 e. The van der Waals surface area contributed by atoms with E-state index in [4.69, 9.17) is 19.4 Å². The molecule has 0 bridgehead atoms. The Kier molecular flexibility index (Phi) is 5.87. The molecule has 8 heteroatoms. The van der Waals surface area contributed by atoms with E-state index in [-0.39, 0.29) is 0 Å². The molecule has 8 nitrogen and oxygen atoms in total. The highest BCUT2D eigenvalue weighted by atomic mass is 16.5. The zero-order chi connectivity index (χ0) is 19.2. The summed E-state index contributed by atoms with van der Waals surface area (Å²) in [5.74, 6) is 1.69. The van der Waals surface area contributed by atoms with Crippen molar-refractivity contribution in [3.05, 3.63) is 49.1 Å². The van der Waals surface area contributed by atoms with Gasteiger partial charge in [0, 0.05) is 44.0 Å². The van der Waals surface area contributed by atoms with Crippen LogP contribution in [0.2, 0.25) is 0 Å². The molecule has 1 aromatic carbocycles. The van der Waals surface area contributed by atoms with Crippen molar-refractivity contribution in [1.82, 2.24) is 19.1 Å². The summed E-state index contributed by atoms with van der Waals surface area (Å²) in [6.07, 6.45) is 8.57. The Labute approximate surface area is 157 Å². The molecule has 1 atom stereocenters. The largest absolute Gasteiger partial charge is 0.497 e. The molecule has 1 fully saturated rings. The summed E-state index contributed by atoms with van der Waals surface area (Å²) in [5, 5.41) is 7.42. The van der Waals surface area contributed by atoms with Crippen LogP contribution in [0.1, 0.15) is 19.4 Å². The van der Waals surface area contributed by atoms with Crippen LogP contribution in [0, 0.1) is 0 Å². The summed E-state index contributed by atoms with van der Waals surface area (Å²) in [5.41, 5.74) is 1.02. The number of carbonyl (C=O) groups is 1. The third-order valence-corrected chi connectivity index (χ3v) is 4.16. The van der Waals surface area contributed by atoms with Gasteiger partial charge in [0.05, 0.1) is 19.8 Å². The number of hydrogen-bond acceptors (Lipinski definition) is 5. The van der Waals surface area contributed by atoms with Gasteiger partial charge < -0.3 is 19.1 Å². The van der Waals surface area contributed by atoms with Gasteiger partial charge in [-0.2, -0.15) is 0 Å². The smallest absolute Gasteiger partial charge is 0.300 e. The molecule has 4 rings (SSSR count). The second kappa shape index (κ2) is 8.50. The molecule has 0 saturated carbocycles. The Hall–Kier alpha value is -3.13. The first-order valence-electron chi connectivity index (χ1n) is 8.58.